The first-order valence-corrected chi connectivity index (χ1v) is 20.0. The molecule has 8 aromatic carbocycles. The largest absolute Gasteiger partial charge is 0.455 e. The van der Waals surface area contributed by atoms with Gasteiger partial charge in [0.1, 0.15) is 23.2 Å². The average Bonchev–Trinajstić information content (AvgIpc) is 3.95. The second kappa shape index (κ2) is 12.6. The summed E-state index contributed by atoms with van der Waals surface area (Å²) in [5.41, 5.74) is 10.6. The molecule has 57 heavy (non-hydrogen) atoms. The van der Waals surface area contributed by atoms with Crippen molar-refractivity contribution < 1.29 is 4.42 Å². The Bertz CT molecular complexity index is 3390. The van der Waals surface area contributed by atoms with E-state index in [1.165, 1.54) is 42.0 Å². The summed E-state index contributed by atoms with van der Waals surface area (Å²) in [6, 6.07) is 64.3. The smallest absolute Gasteiger partial charge is 0.159 e. The van der Waals surface area contributed by atoms with E-state index in [1.54, 1.807) is 0 Å². The zero-order valence-electron chi connectivity index (χ0n) is 30.6. The molecule has 1 aliphatic heterocycles. The lowest BCUT2D eigenvalue weighted by molar-refractivity contribution is 0.669. The van der Waals surface area contributed by atoms with E-state index in [4.69, 9.17) is 14.4 Å². The normalized spacial score (nSPS) is 14.5. The van der Waals surface area contributed by atoms with Crippen LogP contribution in [0.25, 0.3) is 80.7 Å². The number of fused-ring (bicyclic) bond motifs is 9. The minimum absolute atomic E-state index is 0.285. The fourth-order valence-electron chi connectivity index (χ4n) is 8.57. The van der Waals surface area contributed by atoms with Gasteiger partial charge in [0.05, 0.1) is 11.0 Å². The number of aliphatic imine (C=N–C) groups is 2. The first-order valence-electron chi connectivity index (χ1n) is 19.2. The van der Waals surface area contributed by atoms with Gasteiger partial charge in [-0.15, -0.1) is 11.3 Å². The zero-order valence-corrected chi connectivity index (χ0v) is 31.4. The zero-order chi connectivity index (χ0) is 37.5. The van der Waals surface area contributed by atoms with Crippen LogP contribution in [0.15, 0.2) is 196 Å². The van der Waals surface area contributed by atoms with Crippen LogP contribution < -0.4 is 5.32 Å². The van der Waals surface area contributed by atoms with Gasteiger partial charge in [0.15, 0.2) is 5.84 Å². The number of benzene rings is 8. The van der Waals surface area contributed by atoms with Gasteiger partial charge < -0.3 is 14.3 Å². The Morgan fingerprint density at radius 1 is 0.509 bits per heavy atom. The van der Waals surface area contributed by atoms with Gasteiger partial charge in [-0.3, -0.25) is 0 Å². The number of hydrogen-bond donors (Lipinski definition) is 1. The Hall–Kier alpha value is -7.28. The van der Waals surface area contributed by atoms with Crippen LogP contribution in [0.4, 0.5) is 0 Å². The molecule has 0 spiro atoms. The number of para-hydroxylation sites is 3. The van der Waals surface area contributed by atoms with Crippen LogP contribution in [0, 0.1) is 0 Å². The number of hydrogen-bond acceptors (Lipinski definition) is 5. The molecule has 1 aliphatic rings. The maximum Gasteiger partial charge on any atom is 0.159 e. The molecule has 0 bridgehead atoms. The number of nitrogens with one attached hydrogen (secondary N) is 1. The molecule has 5 nitrogen and oxygen atoms in total. The van der Waals surface area contributed by atoms with Gasteiger partial charge in [-0.1, -0.05) is 133 Å². The molecule has 1 unspecified atom stereocenters. The summed E-state index contributed by atoms with van der Waals surface area (Å²) >= 11 is 1.82. The molecular weight excluding hydrogens is 717 g/mol. The van der Waals surface area contributed by atoms with E-state index < -0.39 is 0 Å². The maximum absolute atomic E-state index is 6.80. The topological polar surface area (TPSA) is 54.8 Å². The van der Waals surface area contributed by atoms with Crippen molar-refractivity contribution in [3.8, 4) is 16.8 Å². The van der Waals surface area contributed by atoms with E-state index in [9.17, 15) is 0 Å². The van der Waals surface area contributed by atoms with Gasteiger partial charge in [-0.05, 0) is 53.6 Å². The lowest BCUT2D eigenvalue weighted by Crippen LogP contribution is -2.33. The Kier molecular flexibility index (Phi) is 7.09. The third-order valence-electron chi connectivity index (χ3n) is 11.3. The molecule has 0 radical (unpaired) electrons. The summed E-state index contributed by atoms with van der Waals surface area (Å²) < 4.78 is 11.6. The highest BCUT2D eigenvalue weighted by Crippen LogP contribution is 2.42. The molecule has 1 N–H and O–H groups in total. The minimum Gasteiger partial charge on any atom is -0.455 e. The van der Waals surface area contributed by atoms with Crippen molar-refractivity contribution in [1.29, 1.82) is 0 Å². The van der Waals surface area contributed by atoms with Crippen LogP contribution in [0.5, 0.6) is 0 Å². The van der Waals surface area contributed by atoms with E-state index in [2.05, 4.69) is 155 Å². The van der Waals surface area contributed by atoms with Crippen LogP contribution in [-0.4, -0.2) is 16.2 Å². The monoisotopic (exact) mass is 748 g/mol. The van der Waals surface area contributed by atoms with E-state index in [0.717, 1.165) is 67.1 Å². The van der Waals surface area contributed by atoms with Gasteiger partial charge in [0.25, 0.3) is 0 Å². The third-order valence-corrected chi connectivity index (χ3v) is 12.4. The van der Waals surface area contributed by atoms with Crippen molar-refractivity contribution in [3.63, 3.8) is 0 Å². The maximum atomic E-state index is 6.80. The molecule has 0 fully saturated rings. The first kappa shape index (κ1) is 32.0. The van der Waals surface area contributed by atoms with Crippen LogP contribution >= 0.6 is 11.3 Å². The van der Waals surface area contributed by atoms with Crippen LogP contribution in [-0.2, 0) is 0 Å². The predicted octanol–water partition coefficient (Wildman–Crippen LogP) is 13.2. The molecule has 6 heteroatoms. The van der Waals surface area contributed by atoms with Gasteiger partial charge in [-0.25, -0.2) is 9.98 Å². The Balaban J connectivity index is 0.932. The summed E-state index contributed by atoms with van der Waals surface area (Å²) in [7, 11) is 0. The van der Waals surface area contributed by atoms with Crippen molar-refractivity contribution in [1.82, 2.24) is 9.88 Å². The molecule has 12 rings (SSSR count). The number of amidine groups is 2. The Labute approximate surface area is 331 Å². The summed E-state index contributed by atoms with van der Waals surface area (Å²) in [4.78, 5) is 10.1. The number of furan rings is 1. The van der Waals surface area contributed by atoms with Crippen molar-refractivity contribution in [2.75, 3.05) is 0 Å². The summed E-state index contributed by atoms with van der Waals surface area (Å²) in [5, 5.41) is 10.8. The molecule has 0 saturated heterocycles. The second-order valence-electron chi connectivity index (χ2n) is 14.6. The molecule has 3 aromatic heterocycles. The predicted molar refractivity (Wildman–Crippen MR) is 238 cm³/mol. The van der Waals surface area contributed by atoms with Crippen molar-refractivity contribution in [2.24, 2.45) is 9.98 Å². The average molecular weight is 749 g/mol. The van der Waals surface area contributed by atoms with E-state index >= 15 is 0 Å². The number of nitrogens with zero attached hydrogens (tertiary/aromatic N) is 3. The van der Waals surface area contributed by atoms with E-state index in [0.29, 0.717) is 0 Å². The minimum atomic E-state index is -0.285. The van der Waals surface area contributed by atoms with Crippen LogP contribution in [0.1, 0.15) is 22.9 Å². The number of rotatable bonds is 5. The highest BCUT2D eigenvalue weighted by molar-refractivity contribution is 7.25. The van der Waals surface area contributed by atoms with Crippen molar-refractivity contribution in [3.05, 3.63) is 199 Å². The highest BCUT2D eigenvalue weighted by atomic mass is 32.1. The molecule has 268 valence electrons. The van der Waals surface area contributed by atoms with Gasteiger partial charge in [0, 0.05) is 70.2 Å². The summed E-state index contributed by atoms with van der Waals surface area (Å²) in [6.07, 6.45) is -0.285. The van der Waals surface area contributed by atoms with Crippen LogP contribution in [0.2, 0.25) is 0 Å². The van der Waals surface area contributed by atoms with Crippen molar-refractivity contribution in [2.45, 2.75) is 6.17 Å². The standard InChI is InChI=1S/C51H32N4OS/c1-3-12-31(13-4-1)49-52-50(32-14-5-2-6-15-32)54-51(53-49)34-23-27-46-42(28-34)40-25-22-33(29-47(40)57-46)36-18-11-19-41-39-26-24-35(30-45(39)56-48(36)41)55-43-20-9-7-16-37(43)38-17-8-10-21-44(38)55/h1-30,51H,(H,52,53,54). The van der Waals surface area contributed by atoms with Gasteiger partial charge in [0.2, 0.25) is 0 Å². The van der Waals surface area contributed by atoms with Crippen LogP contribution in [0.3, 0.4) is 0 Å². The van der Waals surface area contributed by atoms with Gasteiger partial charge >= 0.3 is 0 Å². The lowest BCUT2D eigenvalue weighted by atomic mass is 10.0. The highest BCUT2D eigenvalue weighted by Gasteiger charge is 2.22. The third kappa shape index (κ3) is 5.15. The molecule has 11 aromatic rings. The Morgan fingerprint density at radius 3 is 2.00 bits per heavy atom. The van der Waals surface area contributed by atoms with E-state index in [-0.39, 0.29) is 6.17 Å². The SMILES string of the molecule is c1ccc(C2=NC(c3ccc4sc5cc(-c6cccc7c6oc6cc(-n8c9ccccc9c9ccccc98)ccc67)ccc5c4c3)NC(c3ccccc3)=N2)cc1. The summed E-state index contributed by atoms with van der Waals surface area (Å²) in [6.45, 7) is 0. The quantitative estimate of drug-likeness (QED) is 0.191. The molecular formula is C51H32N4OS. The molecule has 0 amide bonds. The second-order valence-corrected chi connectivity index (χ2v) is 15.7. The fraction of sp³-hybridized carbons (Fsp3) is 0.0196. The van der Waals surface area contributed by atoms with E-state index in [1.807, 2.05) is 47.7 Å². The molecule has 0 aliphatic carbocycles. The first-order chi connectivity index (χ1) is 28.2. The lowest BCUT2D eigenvalue weighted by Gasteiger charge is -2.23. The fourth-order valence-corrected chi connectivity index (χ4v) is 9.69. The van der Waals surface area contributed by atoms with Gasteiger partial charge in [-0.2, -0.15) is 0 Å². The molecule has 0 saturated carbocycles. The van der Waals surface area contributed by atoms with Crippen molar-refractivity contribution >= 4 is 86.9 Å². The number of thiophene rings is 1. The number of aromatic nitrogens is 1. The Morgan fingerprint density at radius 2 is 1.21 bits per heavy atom. The molecule has 4 heterocycles. The molecule has 1 atom stereocenters. The summed E-state index contributed by atoms with van der Waals surface area (Å²) in [5.74, 6) is 1.54.